The lowest BCUT2D eigenvalue weighted by atomic mass is 10.0. The second-order valence-electron chi connectivity index (χ2n) is 8.15. The lowest BCUT2D eigenvalue weighted by molar-refractivity contribution is -0.156. The predicted octanol–water partition coefficient (Wildman–Crippen LogP) is 1.60. The second-order valence-corrected chi connectivity index (χ2v) is 8.15. The van der Waals surface area contributed by atoms with Gasteiger partial charge in [-0.3, -0.25) is 9.80 Å². The van der Waals surface area contributed by atoms with Crippen LogP contribution in [-0.2, 0) is 20.8 Å². The summed E-state index contributed by atoms with van der Waals surface area (Å²) in [6.07, 6.45) is -1.34. The van der Waals surface area contributed by atoms with Crippen LogP contribution in [0.5, 0.6) is 0 Å². The van der Waals surface area contributed by atoms with Crippen molar-refractivity contribution in [3.8, 4) is 0 Å². The van der Waals surface area contributed by atoms with Crippen LogP contribution in [-0.4, -0.2) is 77.8 Å². The van der Waals surface area contributed by atoms with Gasteiger partial charge in [0.05, 0.1) is 12.6 Å². The summed E-state index contributed by atoms with van der Waals surface area (Å²) in [6.45, 7) is 12.9. The maximum atomic E-state index is 10.9. The Morgan fingerprint density at radius 1 is 1.15 bits per heavy atom. The van der Waals surface area contributed by atoms with Crippen LogP contribution < -0.4 is 0 Å². The highest BCUT2D eigenvalue weighted by atomic mass is 16.8. The van der Waals surface area contributed by atoms with Crippen molar-refractivity contribution < 1.29 is 19.3 Å². The summed E-state index contributed by atoms with van der Waals surface area (Å²) in [5.41, 5.74) is 1.33. The van der Waals surface area contributed by atoms with Crippen LogP contribution in [0.1, 0.15) is 19.4 Å². The van der Waals surface area contributed by atoms with Gasteiger partial charge in [-0.05, 0) is 19.4 Å². The van der Waals surface area contributed by atoms with Gasteiger partial charge in [0.25, 0.3) is 0 Å². The summed E-state index contributed by atoms with van der Waals surface area (Å²) in [5.74, 6) is 0.00766. The van der Waals surface area contributed by atoms with Gasteiger partial charge in [0.2, 0.25) is 0 Å². The molecule has 3 fully saturated rings. The summed E-state index contributed by atoms with van der Waals surface area (Å²) in [7, 11) is 0. The summed E-state index contributed by atoms with van der Waals surface area (Å²) >= 11 is 0. The molecule has 148 valence electrons. The molecule has 4 rings (SSSR count). The van der Waals surface area contributed by atoms with Crippen molar-refractivity contribution in [2.75, 3.05) is 32.8 Å². The van der Waals surface area contributed by atoms with E-state index in [1.54, 1.807) is 0 Å². The molecule has 27 heavy (non-hydrogen) atoms. The Balaban J connectivity index is 1.33. The highest BCUT2D eigenvalue weighted by Crippen LogP contribution is 2.35. The molecule has 3 heterocycles. The van der Waals surface area contributed by atoms with Gasteiger partial charge in [0, 0.05) is 32.7 Å². The Hall–Kier alpha value is -1.44. The molecule has 0 radical (unpaired) electrons. The van der Waals surface area contributed by atoms with Gasteiger partial charge in [0.1, 0.15) is 18.0 Å². The molecule has 1 N–H and O–H groups in total. The Morgan fingerprint density at radius 3 is 2.48 bits per heavy atom. The number of benzene rings is 1. The van der Waals surface area contributed by atoms with Crippen molar-refractivity contribution in [1.29, 1.82) is 0 Å². The van der Waals surface area contributed by atoms with Crippen molar-refractivity contribution in [2.24, 2.45) is 0 Å². The van der Waals surface area contributed by atoms with Gasteiger partial charge in [-0.15, -0.1) is 0 Å². The topological polar surface area (TPSA) is 54.4 Å². The molecular formula is C21H30N2O4. The van der Waals surface area contributed by atoms with Gasteiger partial charge in [0.15, 0.2) is 11.9 Å². The fourth-order valence-electron chi connectivity index (χ4n) is 4.32. The highest BCUT2D eigenvalue weighted by Gasteiger charge is 2.50. The van der Waals surface area contributed by atoms with Crippen molar-refractivity contribution in [2.45, 2.75) is 50.5 Å². The first-order chi connectivity index (χ1) is 12.9. The number of rotatable bonds is 4. The van der Waals surface area contributed by atoms with E-state index >= 15 is 0 Å². The number of ether oxygens (including phenoxy) is 3. The van der Waals surface area contributed by atoms with E-state index in [-0.39, 0.29) is 12.1 Å². The first-order valence-electron chi connectivity index (χ1n) is 9.78. The Morgan fingerprint density at radius 2 is 1.85 bits per heavy atom. The molecule has 1 aromatic rings. The van der Waals surface area contributed by atoms with Gasteiger partial charge in [-0.1, -0.05) is 36.9 Å². The zero-order valence-corrected chi connectivity index (χ0v) is 16.2. The fourth-order valence-corrected chi connectivity index (χ4v) is 4.32. The Kier molecular flexibility index (Phi) is 5.27. The summed E-state index contributed by atoms with van der Waals surface area (Å²) < 4.78 is 17.5. The van der Waals surface area contributed by atoms with E-state index in [1.807, 2.05) is 19.9 Å². The molecule has 6 nitrogen and oxygen atoms in total. The number of hydrogen-bond acceptors (Lipinski definition) is 6. The third kappa shape index (κ3) is 4.05. The minimum atomic E-state index is -0.652. The van der Waals surface area contributed by atoms with Crippen LogP contribution in [0, 0.1) is 0 Å². The zero-order chi connectivity index (χ0) is 19.0. The third-order valence-electron chi connectivity index (χ3n) is 5.72. The van der Waals surface area contributed by atoms with Crippen molar-refractivity contribution in [3.63, 3.8) is 0 Å². The molecule has 0 amide bonds. The van der Waals surface area contributed by atoms with Crippen LogP contribution in [0.15, 0.2) is 42.7 Å². The first kappa shape index (κ1) is 18.9. The molecular weight excluding hydrogens is 344 g/mol. The molecule has 0 unspecified atom stereocenters. The monoisotopic (exact) mass is 374 g/mol. The SMILES string of the molecule is C=C1O[C@H]([C@H]2COC(C)(C)O2)[C@H](O)[C@H]1N1CCN(Cc2ccccc2)CC1. The van der Waals surface area contributed by atoms with E-state index in [0.717, 1.165) is 32.7 Å². The standard InChI is InChI=1S/C21H30N2O4/c1-15-18(19(24)20(26-15)17-14-25-21(2,3)27-17)23-11-9-22(10-12-23)13-16-7-5-4-6-8-16/h4-8,17-20,24H,1,9-14H2,2-3H3/t17-,18+,19-,20-/m1/s1. The Labute approximate surface area is 161 Å². The number of aliphatic hydroxyl groups is 1. The molecule has 3 saturated heterocycles. The van der Waals surface area contributed by atoms with Gasteiger partial charge in [-0.2, -0.15) is 0 Å². The molecule has 6 heteroatoms. The number of hydrogen-bond donors (Lipinski definition) is 1. The lowest BCUT2D eigenvalue weighted by Gasteiger charge is -2.38. The molecule has 0 aromatic heterocycles. The average molecular weight is 374 g/mol. The molecule has 0 bridgehead atoms. The van der Waals surface area contributed by atoms with Crippen LogP contribution in [0.4, 0.5) is 0 Å². The molecule has 0 aliphatic carbocycles. The maximum Gasteiger partial charge on any atom is 0.163 e. The molecule has 0 saturated carbocycles. The van der Waals surface area contributed by atoms with E-state index in [9.17, 15) is 5.11 Å². The minimum absolute atomic E-state index is 0.179. The minimum Gasteiger partial charge on any atom is -0.488 e. The Bertz CT molecular complexity index is 657. The molecule has 4 atom stereocenters. The van der Waals surface area contributed by atoms with Crippen LogP contribution in [0.2, 0.25) is 0 Å². The zero-order valence-electron chi connectivity index (χ0n) is 16.2. The number of nitrogens with zero attached hydrogens (tertiary/aromatic N) is 2. The number of aliphatic hydroxyl groups excluding tert-OH is 1. The normalized spacial score (nSPS) is 34.7. The van der Waals surface area contributed by atoms with Crippen LogP contribution in [0.25, 0.3) is 0 Å². The quantitative estimate of drug-likeness (QED) is 0.864. The summed E-state index contributed by atoms with van der Waals surface area (Å²) in [6, 6.07) is 10.4. The van der Waals surface area contributed by atoms with Gasteiger partial charge < -0.3 is 19.3 Å². The number of piperazine rings is 1. The highest BCUT2D eigenvalue weighted by molar-refractivity contribution is 5.15. The lowest BCUT2D eigenvalue weighted by Crippen LogP contribution is -2.54. The van der Waals surface area contributed by atoms with Crippen LogP contribution in [0.3, 0.4) is 0 Å². The van der Waals surface area contributed by atoms with Crippen LogP contribution >= 0.6 is 0 Å². The summed E-state index contributed by atoms with van der Waals surface area (Å²) in [4.78, 5) is 4.74. The molecule has 1 aromatic carbocycles. The first-order valence-corrected chi connectivity index (χ1v) is 9.78. The molecule has 0 spiro atoms. The van der Waals surface area contributed by atoms with Crippen molar-refractivity contribution in [1.82, 2.24) is 9.80 Å². The van der Waals surface area contributed by atoms with E-state index < -0.39 is 18.0 Å². The second kappa shape index (κ2) is 7.53. The molecule has 3 aliphatic heterocycles. The average Bonchev–Trinajstić information content (AvgIpc) is 3.15. The third-order valence-corrected chi connectivity index (χ3v) is 5.72. The fraction of sp³-hybridized carbons (Fsp3) is 0.619. The van der Waals surface area contributed by atoms with E-state index in [4.69, 9.17) is 14.2 Å². The summed E-state index contributed by atoms with van der Waals surface area (Å²) in [5, 5.41) is 10.9. The molecule has 3 aliphatic rings. The van der Waals surface area contributed by atoms with Gasteiger partial charge >= 0.3 is 0 Å². The van der Waals surface area contributed by atoms with E-state index in [1.165, 1.54) is 5.56 Å². The van der Waals surface area contributed by atoms with E-state index in [2.05, 4.69) is 40.6 Å². The smallest absolute Gasteiger partial charge is 0.163 e. The largest absolute Gasteiger partial charge is 0.488 e. The van der Waals surface area contributed by atoms with Crippen molar-refractivity contribution >= 4 is 0 Å². The predicted molar refractivity (Wildman–Crippen MR) is 102 cm³/mol. The maximum absolute atomic E-state index is 10.9. The van der Waals surface area contributed by atoms with E-state index in [0.29, 0.717) is 12.4 Å². The van der Waals surface area contributed by atoms with Gasteiger partial charge in [-0.25, -0.2) is 0 Å². The van der Waals surface area contributed by atoms with Crippen molar-refractivity contribution in [3.05, 3.63) is 48.2 Å².